The van der Waals surface area contributed by atoms with Crippen LogP contribution in [0.3, 0.4) is 0 Å². The fourth-order valence-corrected chi connectivity index (χ4v) is 1.64. The Morgan fingerprint density at radius 1 is 1.00 bits per heavy atom. The standard InChI is InChI=1S/C13H10BF4N2/c15-11-7-6-10(13(8-11)14(16,17)18)9-19-20-12-4-2-1-3-5-12/h1-9,20H/q-1. The Balaban J connectivity index is 2.21. The van der Waals surface area contributed by atoms with Crippen LogP contribution in [0.25, 0.3) is 0 Å². The van der Waals surface area contributed by atoms with Gasteiger partial charge in [-0.15, -0.1) is 0 Å². The molecular formula is C13H10BF4N2-. The van der Waals surface area contributed by atoms with Gasteiger partial charge in [0, 0.05) is 0 Å². The second-order valence-electron chi connectivity index (χ2n) is 4.08. The van der Waals surface area contributed by atoms with Crippen LogP contribution >= 0.6 is 0 Å². The number of nitrogens with zero attached hydrogens (tertiary/aromatic N) is 1. The minimum absolute atomic E-state index is 0.178. The van der Waals surface area contributed by atoms with Gasteiger partial charge in [-0.25, -0.2) is 4.39 Å². The molecule has 0 aromatic heterocycles. The molecule has 104 valence electrons. The number of hydrogen-bond donors (Lipinski definition) is 1. The summed E-state index contributed by atoms with van der Waals surface area (Å²) in [5.41, 5.74) is 2.07. The van der Waals surface area contributed by atoms with Crippen molar-refractivity contribution in [3.63, 3.8) is 0 Å². The van der Waals surface area contributed by atoms with E-state index in [1.165, 1.54) is 0 Å². The van der Waals surface area contributed by atoms with Gasteiger partial charge in [-0.3, -0.25) is 5.43 Å². The summed E-state index contributed by atoms with van der Waals surface area (Å²) in [4.78, 5) is 0. The van der Waals surface area contributed by atoms with Crippen LogP contribution in [0.1, 0.15) is 5.56 Å². The molecule has 2 nitrogen and oxygen atoms in total. The highest BCUT2D eigenvalue weighted by atomic mass is 19.4. The van der Waals surface area contributed by atoms with Gasteiger partial charge >= 0.3 is 6.98 Å². The molecule has 0 amide bonds. The van der Waals surface area contributed by atoms with E-state index in [9.17, 15) is 17.3 Å². The summed E-state index contributed by atoms with van der Waals surface area (Å²) in [5, 5.41) is 3.73. The summed E-state index contributed by atoms with van der Waals surface area (Å²) in [6.07, 6.45) is 1.02. The van der Waals surface area contributed by atoms with Crippen molar-refractivity contribution in [1.29, 1.82) is 0 Å². The van der Waals surface area contributed by atoms with E-state index >= 15 is 0 Å². The molecule has 2 aromatic rings. The predicted molar refractivity (Wildman–Crippen MR) is 72.8 cm³/mol. The predicted octanol–water partition coefficient (Wildman–Crippen LogP) is 3.33. The second kappa shape index (κ2) is 5.77. The Bertz CT molecular complexity index is 612. The van der Waals surface area contributed by atoms with Crippen LogP contribution in [0, 0.1) is 5.82 Å². The van der Waals surface area contributed by atoms with E-state index in [1.807, 2.05) is 0 Å². The summed E-state index contributed by atoms with van der Waals surface area (Å²) in [5.74, 6) is -0.924. The van der Waals surface area contributed by atoms with Crippen LogP contribution in [0.4, 0.5) is 23.0 Å². The molecule has 0 heterocycles. The molecule has 2 aromatic carbocycles. The Kier molecular flexibility index (Phi) is 4.07. The van der Waals surface area contributed by atoms with Gasteiger partial charge in [-0.05, 0) is 23.8 Å². The summed E-state index contributed by atoms with van der Waals surface area (Å²) in [6.45, 7) is -5.29. The van der Waals surface area contributed by atoms with Crippen molar-refractivity contribution in [2.45, 2.75) is 0 Å². The Morgan fingerprint density at radius 2 is 1.70 bits per heavy atom. The van der Waals surface area contributed by atoms with Crippen molar-refractivity contribution in [1.82, 2.24) is 0 Å². The summed E-state index contributed by atoms with van der Waals surface area (Å²) < 4.78 is 51.3. The Morgan fingerprint density at radius 3 is 2.35 bits per heavy atom. The Labute approximate surface area is 113 Å². The molecule has 0 fully saturated rings. The SMILES string of the molecule is Fc1ccc(C=NNc2ccccc2)c([B-](F)(F)F)c1. The number of para-hydroxylation sites is 1. The summed E-state index contributed by atoms with van der Waals surface area (Å²) in [6, 6.07) is 11.3. The van der Waals surface area contributed by atoms with Gasteiger partial charge in [0.25, 0.3) is 0 Å². The van der Waals surface area contributed by atoms with E-state index in [1.54, 1.807) is 30.3 Å². The largest absolute Gasteiger partial charge is 0.510 e. The molecule has 0 radical (unpaired) electrons. The molecule has 0 aliphatic carbocycles. The average Bonchev–Trinajstić information content (AvgIpc) is 2.40. The molecule has 0 aliphatic rings. The number of hydrazone groups is 1. The highest BCUT2D eigenvalue weighted by Gasteiger charge is 2.28. The summed E-state index contributed by atoms with van der Waals surface area (Å²) >= 11 is 0. The van der Waals surface area contributed by atoms with Crippen LogP contribution < -0.4 is 10.9 Å². The third-order valence-corrected chi connectivity index (χ3v) is 2.57. The number of halogens is 4. The molecule has 0 spiro atoms. The minimum atomic E-state index is -5.29. The normalized spacial score (nSPS) is 11.8. The molecule has 0 atom stereocenters. The maximum atomic E-state index is 12.9. The Hall–Kier alpha value is -2.31. The van der Waals surface area contributed by atoms with Crippen LogP contribution in [0.2, 0.25) is 0 Å². The average molecular weight is 281 g/mol. The smallest absolute Gasteiger partial charge is 0.445 e. The van der Waals surface area contributed by atoms with E-state index < -0.39 is 18.3 Å². The van der Waals surface area contributed by atoms with Gasteiger partial charge in [-0.2, -0.15) is 5.10 Å². The van der Waals surface area contributed by atoms with Gasteiger partial charge < -0.3 is 12.9 Å². The molecular weight excluding hydrogens is 271 g/mol. The lowest BCUT2D eigenvalue weighted by Crippen LogP contribution is -2.37. The molecule has 0 bridgehead atoms. The van der Waals surface area contributed by atoms with Gasteiger partial charge in [0.05, 0.1) is 11.9 Å². The van der Waals surface area contributed by atoms with Crippen molar-refractivity contribution >= 4 is 24.3 Å². The monoisotopic (exact) mass is 281 g/mol. The van der Waals surface area contributed by atoms with E-state index in [4.69, 9.17) is 0 Å². The zero-order valence-corrected chi connectivity index (χ0v) is 10.2. The first-order valence-electron chi connectivity index (χ1n) is 5.80. The topological polar surface area (TPSA) is 24.4 Å². The van der Waals surface area contributed by atoms with Crippen molar-refractivity contribution in [3.8, 4) is 0 Å². The first kappa shape index (κ1) is 14.1. The van der Waals surface area contributed by atoms with E-state index in [0.717, 1.165) is 18.3 Å². The fourth-order valence-electron chi connectivity index (χ4n) is 1.64. The van der Waals surface area contributed by atoms with E-state index in [-0.39, 0.29) is 5.56 Å². The van der Waals surface area contributed by atoms with Crippen LogP contribution in [0.5, 0.6) is 0 Å². The second-order valence-corrected chi connectivity index (χ2v) is 4.08. The molecule has 2 rings (SSSR count). The van der Waals surface area contributed by atoms with Gasteiger partial charge in [0.1, 0.15) is 5.82 Å². The molecule has 20 heavy (non-hydrogen) atoms. The summed E-state index contributed by atoms with van der Waals surface area (Å²) in [7, 11) is 0. The van der Waals surface area contributed by atoms with Crippen molar-refractivity contribution < 1.29 is 17.3 Å². The van der Waals surface area contributed by atoms with Crippen LogP contribution in [-0.2, 0) is 0 Å². The lowest BCUT2D eigenvalue weighted by atomic mass is 9.77. The van der Waals surface area contributed by atoms with Gasteiger partial charge in [0.2, 0.25) is 0 Å². The molecule has 0 unspecified atom stereocenters. The van der Waals surface area contributed by atoms with Crippen LogP contribution in [0.15, 0.2) is 53.6 Å². The lowest BCUT2D eigenvalue weighted by molar-refractivity contribution is 0.500. The maximum Gasteiger partial charge on any atom is 0.510 e. The lowest BCUT2D eigenvalue weighted by Gasteiger charge is -2.17. The third kappa shape index (κ3) is 3.60. The number of rotatable bonds is 4. The number of benzene rings is 2. The van der Waals surface area contributed by atoms with Crippen molar-refractivity contribution in [3.05, 3.63) is 59.9 Å². The molecule has 0 saturated carbocycles. The van der Waals surface area contributed by atoms with Crippen LogP contribution in [-0.4, -0.2) is 13.2 Å². The minimum Gasteiger partial charge on any atom is -0.445 e. The highest BCUT2D eigenvalue weighted by Crippen LogP contribution is 2.13. The van der Waals surface area contributed by atoms with Gasteiger partial charge in [0.15, 0.2) is 0 Å². The zero-order valence-electron chi connectivity index (χ0n) is 10.2. The van der Waals surface area contributed by atoms with Crippen molar-refractivity contribution in [2.75, 3.05) is 5.43 Å². The number of anilines is 1. The number of nitrogens with one attached hydrogen (secondary N) is 1. The van der Waals surface area contributed by atoms with E-state index in [0.29, 0.717) is 11.8 Å². The van der Waals surface area contributed by atoms with Gasteiger partial charge in [-0.1, -0.05) is 35.8 Å². The highest BCUT2D eigenvalue weighted by molar-refractivity contribution is 6.74. The zero-order chi connectivity index (χ0) is 14.6. The molecule has 7 heteroatoms. The fraction of sp³-hybridized carbons (Fsp3) is 0. The third-order valence-electron chi connectivity index (χ3n) is 2.57. The molecule has 1 N–H and O–H groups in total. The first-order chi connectivity index (χ1) is 9.47. The number of hydrogen-bond acceptors (Lipinski definition) is 2. The molecule has 0 saturated heterocycles. The molecule has 0 aliphatic heterocycles. The van der Waals surface area contributed by atoms with E-state index in [2.05, 4.69) is 10.5 Å². The quantitative estimate of drug-likeness (QED) is 0.395. The maximum absolute atomic E-state index is 12.9. The first-order valence-corrected chi connectivity index (χ1v) is 5.80. The van der Waals surface area contributed by atoms with Crippen molar-refractivity contribution in [2.24, 2.45) is 5.10 Å².